The molecule has 104 valence electrons. The average Bonchev–Trinajstić information content (AvgIpc) is 3.01. The highest BCUT2D eigenvalue weighted by molar-refractivity contribution is 7.99. The Morgan fingerprint density at radius 1 is 1.30 bits per heavy atom. The average molecular weight is 304 g/mol. The third-order valence-electron chi connectivity index (χ3n) is 3.14. The van der Waals surface area contributed by atoms with Crippen LogP contribution in [0.25, 0.3) is 11.1 Å². The second kappa shape index (κ2) is 5.60. The lowest BCUT2D eigenvalue weighted by Crippen LogP contribution is -2.22. The summed E-state index contributed by atoms with van der Waals surface area (Å²) in [6, 6.07) is 9.97. The summed E-state index contributed by atoms with van der Waals surface area (Å²) in [6.45, 7) is 4.15. The maximum atomic E-state index is 6.16. The van der Waals surface area contributed by atoms with Crippen LogP contribution in [-0.4, -0.2) is 11.0 Å². The SMILES string of the molecule is Cc1ccsc1C(Sc1nc2ccccc2o1)C(C)N. The fourth-order valence-corrected chi connectivity index (χ4v) is 4.43. The Hall–Kier alpha value is -1.30. The van der Waals surface area contributed by atoms with Gasteiger partial charge >= 0.3 is 0 Å². The van der Waals surface area contributed by atoms with Crippen LogP contribution in [0.4, 0.5) is 0 Å². The van der Waals surface area contributed by atoms with Crippen molar-refractivity contribution in [2.45, 2.75) is 30.4 Å². The third-order valence-corrected chi connectivity index (χ3v) is 5.69. The van der Waals surface area contributed by atoms with Crippen molar-refractivity contribution < 1.29 is 4.42 Å². The molecular weight excluding hydrogens is 288 g/mol. The number of thioether (sulfide) groups is 1. The fraction of sp³-hybridized carbons (Fsp3) is 0.267. The van der Waals surface area contributed by atoms with Crippen molar-refractivity contribution in [1.29, 1.82) is 0 Å². The lowest BCUT2D eigenvalue weighted by atomic mass is 10.1. The molecule has 1 aromatic carbocycles. The van der Waals surface area contributed by atoms with E-state index in [0.717, 1.165) is 11.1 Å². The van der Waals surface area contributed by atoms with Crippen LogP contribution in [-0.2, 0) is 0 Å². The predicted molar refractivity (Wildman–Crippen MR) is 85.3 cm³/mol. The van der Waals surface area contributed by atoms with Gasteiger partial charge in [-0.3, -0.25) is 0 Å². The van der Waals surface area contributed by atoms with Crippen molar-refractivity contribution in [2.24, 2.45) is 5.73 Å². The first kappa shape index (κ1) is 13.7. The Morgan fingerprint density at radius 3 is 2.75 bits per heavy atom. The summed E-state index contributed by atoms with van der Waals surface area (Å²) in [5, 5.41) is 2.96. The Labute approximate surface area is 126 Å². The summed E-state index contributed by atoms with van der Waals surface area (Å²) in [5.74, 6) is 0. The van der Waals surface area contributed by atoms with E-state index in [9.17, 15) is 0 Å². The first-order chi connectivity index (χ1) is 9.65. The molecule has 2 N–H and O–H groups in total. The molecule has 0 aliphatic carbocycles. The highest BCUT2D eigenvalue weighted by Gasteiger charge is 2.23. The van der Waals surface area contributed by atoms with Crippen LogP contribution in [0.3, 0.4) is 0 Å². The molecule has 0 bridgehead atoms. The van der Waals surface area contributed by atoms with Crippen molar-refractivity contribution in [1.82, 2.24) is 4.98 Å². The number of oxazole rings is 1. The van der Waals surface area contributed by atoms with Gasteiger partial charge < -0.3 is 10.2 Å². The summed E-state index contributed by atoms with van der Waals surface area (Å²) in [5.41, 5.74) is 9.14. The fourth-order valence-electron chi connectivity index (χ4n) is 2.09. The highest BCUT2D eigenvalue weighted by Crippen LogP contribution is 2.41. The van der Waals surface area contributed by atoms with Crippen LogP contribution in [0.15, 0.2) is 45.4 Å². The summed E-state index contributed by atoms with van der Waals surface area (Å²) >= 11 is 3.34. The van der Waals surface area contributed by atoms with Crippen molar-refractivity contribution >= 4 is 34.2 Å². The van der Waals surface area contributed by atoms with Gasteiger partial charge in [0.15, 0.2) is 5.58 Å². The van der Waals surface area contributed by atoms with Gasteiger partial charge in [0, 0.05) is 10.9 Å². The maximum Gasteiger partial charge on any atom is 0.257 e. The summed E-state index contributed by atoms with van der Waals surface area (Å²) in [6.07, 6.45) is 0. The number of hydrogen-bond donors (Lipinski definition) is 1. The van der Waals surface area contributed by atoms with Gasteiger partial charge in [0.25, 0.3) is 5.22 Å². The maximum absolute atomic E-state index is 6.16. The summed E-state index contributed by atoms with van der Waals surface area (Å²) in [4.78, 5) is 5.82. The smallest absolute Gasteiger partial charge is 0.257 e. The number of nitrogens with two attached hydrogens (primary N) is 1. The number of fused-ring (bicyclic) bond motifs is 1. The van der Waals surface area contributed by atoms with Crippen LogP contribution < -0.4 is 5.73 Å². The molecule has 0 aliphatic heterocycles. The molecule has 0 aliphatic rings. The van der Waals surface area contributed by atoms with Crippen LogP contribution in [0.1, 0.15) is 22.6 Å². The normalized spacial score (nSPS) is 14.6. The molecular formula is C15H16N2OS2. The van der Waals surface area contributed by atoms with Gasteiger partial charge in [0.05, 0.1) is 5.25 Å². The van der Waals surface area contributed by atoms with Gasteiger partial charge in [-0.05, 0) is 43.0 Å². The molecule has 0 saturated heterocycles. The lowest BCUT2D eigenvalue weighted by molar-refractivity contribution is 0.487. The van der Waals surface area contributed by atoms with Crippen LogP contribution in [0.2, 0.25) is 0 Å². The van der Waals surface area contributed by atoms with Gasteiger partial charge in [-0.15, -0.1) is 11.3 Å². The third kappa shape index (κ3) is 2.61. The standard InChI is InChI=1S/C15H16N2OS2/c1-9-7-8-19-13(9)14(10(2)16)20-15-17-11-5-3-4-6-12(11)18-15/h3-8,10,14H,16H2,1-2H3. The zero-order valence-electron chi connectivity index (χ0n) is 11.4. The number of aromatic nitrogens is 1. The first-order valence-electron chi connectivity index (χ1n) is 6.47. The Balaban J connectivity index is 1.92. The minimum atomic E-state index is 0.0346. The summed E-state index contributed by atoms with van der Waals surface area (Å²) < 4.78 is 5.79. The number of rotatable bonds is 4. The van der Waals surface area contributed by atoms with Crippen molar-refractivity contribution in [2.75, 3.05) is 0 Å². The molecule has 2 unspecified atom stereocenters. The van der Waals surface area contributed by atoms with Crippen LogP contribution in [0.5, 0.6) is 0 Å². The van der Waals surface area contributed by atoms with E-state index in [4.69, 9.17) is 10.2 Å². The van der Waals surface area contributed by atoms with E-state index in [1.165, 1.54) is 10.4 Å². The van der Waals surface area contributed by atoms with Crippen LogP contribution in [0, 0.1) is 6.92 Å². The quantitative estimate of drug-likeness (QED) is 0.727. The molecule has 2 atom stereocenters. The molecule has 3 rings (SSSR count). The van der Waals surface area contributed by atoms with Crippen molar-refractivity contribution in [3.05, 3.63) is 46.2 Å². The van der Waals surface area contributed by atoms with Gasteiger partial charge in [-0.1, -0.05) is 23.9 Å². The molecule has 0 radical (unpaired) electrons. The number of benzene rings is 1. The molecule has 0 fully saturated rings. The zero-order chi connectivity index (χ0) is 14.1. The number of nitrogens with zero attached hydrogens (tertiary/aromatic N) is 1. The van der Waals surface area contributed by atoms with E-state index in [0.29, 0.717) is 5.22 Å². The monoisotopic (exact) mass is 304 g/mol. The minimum Gasteiger partial charge on any atom is -0.431 e. The van der Waals surface area contributed by atoms with Crippen molar-refractivity contribution in [3.63, 3.8) is 0 Å². The second-order valence-corrected chi connectivity index (χ2v) is 6.85. The number of para-hydroxylation sites is 2. The van der Waals surface area contributed by atoms with E-state index >= 15 is 0 Å². The number of thiophene rings is 1. The minimum absolute atomic E-state index is 0.0346. The van der Waals surface area contributed by atoms with Gasteiger partial charge in [-0.25, -0.2) is 4.98 Å². The van der Waals surface area contributed by atoms with Crippen molar-refractivity contribution in [3.8, 4) is 0 Å². The molecule has 20 heavy (non-hydrogen) atoms. The predicted octanol–water partition coefficient (Wildman–Crippen LogP) is 4.38. The summed E-state index contributed by atoms with van der Waals surface area (Å²) in [7, 11) is 0. The highest BCUT2D eigenvalue weighted by atomic mass is 32.2. The molecule has 0 amide bonds. The van der Waals surface area contributed by atoms with E-state index in [1.807, 2.05) is 31.2 Å². The van der Waals surface area contributed by atoms with E-state index < -0.39 is 0 Å². The van der Waals surface area contributed by atoms with E-state index in [-0.39, 0.29) is 11.3 Å². The van der Waals surface area contributed by atoms with Gasteiger partial charge in [-0.2, -0.15) is 0 Å². The zero-order valence-corrected chi connectivity index (χ0v) is 13.0. The van der Waals surface area contributed by atoms with Gasteiger partial charge in [0.1, 0.15) is 5.52 Å². The molecule has 3 aromatic rings. The number of hydrogen-bond acceptors (Lipinski definition) is 5. The molecule has 5 heteroatoms. The molecule has 3 nitrogen and oxygen atoms in total. The van der Waals surface area contributed by atoms with E-state index in [2.05, 4.69) is 23.4 Å². The van der Waals surface area contributed by atoms with E-state index in [1.54, 1.807) is 23.1 Å². The Bertz CT molecular complexity index is 684. The number of aryl methyl sites for hydroxylation is 1. The first-order valence-corrected chi connectivity index (χ1v) is 8.23. The molecule has 0 spiro atoms. The van der Waals surface area contributed by atoms with Crippen LogP contribution >= 0.6 is 23.1 Å². The molecule has 0 saturated carbocycles. The largest absolute Gasteiger partial charge is 0.431 e. The Kier molecular flexibility index (Phi) is 3.83. The topological polar surface area (TPSA) is 52.0 Å². The Morgan fingerprint density at radius 2 is 2.10 bits per heavy atom. The lowest BCUT2D eigenvalue weighted by Gasteiger charge is -2.18. The second-order valence-electron chi connectivity index (χ2n) is 4.81. The molecule has 2 heterocycles. The molecule has 2 aromatic heterocycles. The van der Waals surface area contributed by atoms with Gasteiger partial charge in [0.2, 0.25) is 0 Å².